The van der Waals surface area contributed by atoms with Crippen LogP contribution in [0.15, 0.2) is 59.1 Å². The van der Waals surface area contributed by atoms with E-state index in [1.165, 1.54) is 6.20 Å². The number of carbonyl (C=O) groups excluding carboxylic acids is 1. The zero-order valence-electron chi connectivity index (χ0n) is 17.9. The summed E-state index contributed by atoms with van der Waals surface area (Å²) in [6, 6.07) is 15.7. The summed E-state index contributed by atoms with van der Waals surface area (Å²) in [6.07, 6.45) is 1.46. The molecule has 0 aliphatic heterocycles. The molecule has 0 aliphatic rings. The van der Waals surface area contributed by atoms with Gasteiger partial charge in [-0.15, -0.1) is 0 Å². The van der Waals surface area contributed by atoms with Crippen LogP contribution in [0.4, 0.5) is 11.8 Å². The summed E-state index contributed by atoms with van der Waals surface area (Å²) in [6.45, 7) is 6.05. The van der Waals surface area contributed by atoms with E-state index < -0.39 is 5.97 Å². The zero-order valence-corrected chi connectivity index (χ0v) is 17.9. The molecule has 8 heteroatoms. The van der Waals surface area contributed by atoms with E-state index in [4.69, 9.17) is 14.1 Å². The van der Waals surface area contributed by atoms with Gasteiger partial charge in [0.1, 0.15) is 11.1 Å². The second kappa shape index (κ2) is 7.81. The average molecular weight is 427 g/mol. The van der Waals surface area contributed by atoms with Gasteiger partial charge in [-0.2, -0.15) is 14.8 Å². The summed E-state index contributed by atoms with van der Waals surface area (Å²) in [5.74, 6) is 0.444. The summed E-state index contributed by atoms with van der Waals surface area (Å²) in [5.41, 5.74) is 4.58. The number of ether oxygens (including phenoxy) is 1. The fourth-order valence-electron chi connectivity index (χ4n) is 3.68. The molecule has 3 aromatic heterocycles. The summed E-state index contributed by atoms with van der Waals surface area (Å²) in [7, 11) is 0. The van der Waals surface area contributed by atoms with E-state index in [0.29, 0.717) is 22.7 Å². The molecule has 0 fully saturated rings. The quantitative estimate of drug-likeness (QED) is 0.390. The number of rotatable bonds is 5. The summed E-state index contributed by atoms with van der Waals surface area (Å²) in [4.78, 5) is 21.9. The van der Waals surface area contributed by atoms with E-state index in [-0.39, 0.29) is 18.2 Å². The van der Waals surface area contributed by atoms with E-state index in [0.717, 1.165) is 22.0 Å². The number of hydrogen-bond acceptors (Lipinski definition) is 7. The molecule has 0 bridgehead atoms. The van der Waals surface area contributed by atoms with Gasteiger partial charge in [0.15, 0.2) is 17.2 Å². The Hall–Kier alpha value is -4.20. The molecule has 5 aromatic rings. The van der Waals surface area contributed by atoms with Crippen molar-refractivity contribution < 1.29 is 13.9 Å². The first-order valence-electron chi connectivity index (χ1n) is 10.3. The number of para-hydroxylation sites is 3. The Kier molecular flexibility index (Phi) is 4.82. The van der Waals surface area contributed by atoms with Gasteiger partial charge < -0.3 is 9.15 Å². The maximum absolute atomic E-state index is 12.6. The van der Waals surface area contributed by atoms with Crippen LogP contribution in [0.1, 0.15) is 28.4 Å². The highest BCUT2D eigenvalue weighted by Gasteiger charge is 2.22. The molecule has 32 heavy (non-hydrogen) atoms. The Labute approximate surface area is 183 Å². The lowest BCUT2D eigenvalue weighted by Crippen LogP contribution is -2.10. The number of nitrogens with zero attached hydrogens (tertiary/aromatic N) is 4. The minimum absolute atomic E-state index is 0.243. The summed E-state index contributed by atoms with van der Waals surface area (Å²) in [5, 5.41) is 8.62. The highest BCUT2D eigenvalue weighted by Crippen LogP contribution is 2.29. The molecule has 0 spiro atoms. The first-order chi connectivity index (χ1) is 15.5. The Morgan fingerprint density at radius 3 is 2.75 bits per heavy atom. The summed E-state index contributed by atoms with van der Waals surface area (Å²) >= 11 is 0. The van der Waals surface area contributed by atoms with Crippen LogP contribution < -0.4 is 5.32 Å². The predicted octanol–water partition coefficient (Wildman–Crippen LogP) is 5.10. The normalized spacial score (nSPS) is 11.2. The van der Waals surface area contributed by atoms with Gasteiger partial charge in [0.05, 0.1) is 18.3 Å². The molecule has 2 aromatic carbocycles. The topological polar surface area (TPSA) is 95.1 Å². The third-order valence-electron chi connectivity index (χ3n) is 5.24. The maximum Gasteiger partial charge on any atom is 0.343 e. The lowest BCUT2D eigenvalue weighted by molar-refractivity contribution is 0.0527. The molecule has 0 amide bonds. The van der Waals surface area contributed by atoms with Gasteiger partial charge in [-0.3, -0.25) is 5.32 Å². The number of benzene rings is 2. The maximum atomic E-state index is 12.6. The fourth-order valence-corrected chi connectivity index (χ4v) is 3.68. The standard InChI is InChI=1S/C24H21N5O3/c1-4-31-23(30)17-13-25-29(20-12-15(3)16-9-7-8-14(2)21(16)27-20)22(17)28-24-26-18-10-5-6-11-19(18)32-24/h5-13H,4H2,1-3H3,(H,26,28). The van der Waals surface area contributed by atoms with Crippen molar-refractivity contribution in [2.75, 3.05) is 11.9 Å². The molecule has 3 heterocycles. The molecular weight excluding hydrogens is 406 g/mol. The number of aryl methyl sites for hydroxylation is 2. The number of fused-ring (bicyclic) bond motifs is 2. The van der Waals surface area contributed by atoms with Crippen LogP contribution in [0, 0.1) is 13.8 Å². The van der Waals surface area contributed by atoms with Gasteiger partial charge in [-0.25, -0.2) is 9.78 Å². The van der Waals surface area contributed by atoms with E-state index in [2.05, 4.69) is 15.4 Å². The minimum Gasteiger partial charge on any atom is -0.462 e. The number of nitrogens with one attached hydrogen (secondary N) is 1. The van der Waals surface area contributed by atoms with Gasteiger partial charge in [0.2, 0.25) is 0 Å². The van der Waals surface area contributed by atoms with Crippen molar-refractivity contribution in [2.24, 2.45) is 0 Å². The van der Waals surface area contributed by atoms with Crippen molar-refractivity contribution in [3.8, 4) is 5.82 Å². The van der Waals surface area contributed by atoms with Gasteiger partial charge in [-0.05, 0) is 50.1 Å². The first kappa shape index (κ1) is 19.7. The molecule has 0 atom stereocenters. The lowest BCUT2D eigenvalue weighted by Gasteiger charge is -2.12. The smallest absolute Gasteiger partial charge is 0.343 e. The van der Waals surface area contributed by atoms with Crippen molar-refractivity contribution >= 4 is 39.8 Å². The number of oxazole rings is 1. The lowest BCUT2D eigenvalue weighted by atomic mass is 10.1. The molecule has 0 aliphatic carbocycles. The number of carbonyl (C=O) groups is 1. The van der Waals surface area contributed by atoms with Crippen LogP contribution >= 0.6 is 0 Å². The minimum atomic E-state index is -0.494. The number of esters is 1. The van der Waals surface area contributed by atoms with Crippen LogP contribution in [-0.2, 0) is 4.74 Å². The molecule has 0 radical (unpaired) electrons. The average Bonchev–Trinajstić information content (AvgIpc) is 3.38. The van der Waals surface area contributed by atoms with Crippen LogP contribution in [0.5, 0.6) is 0 Å². The number of hydrogen-bond donors (Lipinski definition) is 1. The molecule has 160 valence electrons. The van der Waals surface area contributed by atoms with Crippen LogP contribution in [0.25, 0.3) is 27.8 Å². The van der Waals surface area contributed by atoms with Crippen molar-refractivity contribution in [1.82, 2.24) is 19.7 Å². The van der Waals surface area contributed by atoms with Gasteiger partial charge >= 0.3 is 12.0 Å². The molecule has 0 saturated heterocycles. The molecule has 5 rings (SSSR count). The van der Waals surface area contributed by atoms with Gasteiger partial charge in [0.25, 0.3) is 0 Å². The second-order valence-corrected chi connectivity index (χ2v) is 7.42. The molecular formula is C24H21N5O3. The Bertz CT molecular complexity index is 1430. The summed E-state index contributed by atoms with van der Waals surface area (Å²) < 4.78 is 12.6. The van der Waals surface area contributed by atoms with E-state index in [1.807, 2.05) is 62.4 Å². The number of aromatic nitrogens is 4. The van der Waals surface area contributed by atoms with Crippen molar-refractivity contribution in [3.63, 3.8) is 0 Å². The first-order valence-corrected chi connectivity index (χ1v) is 10.3. The van der Waals surface area contributed by atoms with E-state index in [9.17, 15) is 4.79 Å². The monoisotopic (exact) mass is 427 g/mol. The molecule has 1 N–H and O–H groups in total. The highest BCUT2D eigenvalue weighted by atomic mass is 16.5. The SMILES string of the molecule is CCOC(=O)c1cnn(-c2cc(C)c3cccc(C)c3n2)c1Nc1nc2ccccc2o1. The van der Waals surface area contributed by atoms with E-state index >= 15 is 0 Å². The largest absolute Gasteiger partial charge is 0.462 e. The Balaban J connectivity index is 1.66. The van der Waals surface area contributed by atoms with Crippen LogP contribution in [-0.4, -0.2) is 32.3 Å². The number of anilines is 2. The van der Waals surface area contributed by atoms with Crippen molar-refractivity contribution in [2.45, 2.75) is 20.8 Å². The molecule has 0 saturated carbocycles. The molecule has 0 unspecified atom stereocenters. The van der Waals surface area contributed by atoms with Crippen molar-refractivity contribution in [1.29, 1.82) is 0 Å². The zero-order chi connectivity index (χ0) is 22.2. The Morgan fingerprint density at radius 2 is 1.94 bits per heavy atom. The van der Waals surface area contributed by atoms with Crippen LogP contribution in [0.2, 0.25) is 0 Å². The van der Waals surface area contributed by atoms with Crippen molar-refractivity contribution in [3.05, 3.63) is 71.4 Å². The number of pyridine rings is 1. The second-order valence-electron chi connectivity index (χ2n) is 7.42. The third-order valence-corrected chi connectivity index (χ3v) is 5.24. The predicted molar refractivity (Wildman–Crippen MR) is 122 cm³/mol. The van der Waals surface area contributed by atoms with Crippen LogP contribution in [0.3, 0.4) is 0 Å². The van der Waals surface area contributed by atoms with Gasteiger partial charge in [0, 0.05) is 5.39 Å². The Morgan fingerprint density at radius 1 is 1.09 bits per heavy atom. The highest BCUT2D eigenvalue weighted by molar-refractivity contribution is 5.96. The third kappa shape index (κ3) is 3.35. The fraction of sp³-hybridized carbons (Fsp3) is 0.167. The van der Waals surface area contributed by atoms with Gasteiger partial charge in [-0.1, -0.05) is 30.3 Å². The molecule has 8 nitrogen and oxygen atoms in total. The van der Waals surface area contributed by atoms with E-state index in [1.54, 1.807) is 11.6 Å².